The Morgan fingerprint density at radius 1 is 1.11 bits per heavy atom. The van der Waals surface area contributed by atoms with Gasteiger partial charge in [-0.2, -0.15) is 0 Å². The average molecular weight is 385 g/mol. The van der Waals surface area contributed by atoms with Crippen molar-refractivity contribution in [2.75, 3.05) is 56.1 Å². The van der Waals surface area contributed by atoms with Crippen molar-refractivity contribution in [1.29, 1.82) is 0 Å². The molecule has 0 aromatic carbocycles. The van der Waals surface area contributed by atoms with Crippen LogP contribution in [0.15, 0.2) is 40.8 Å². The van der Waals surface area contributed by atoms with Gasteiger partial charge in [-0.3, -0.25) is 4.99 Å². The number of pyridine rings is 1. The summed E-state index contributed by atoms with van der Waals surface area (Å²) in [5.74, 6) is 2.09. The monoisotopic (exact) mass is 384 g/mol. The molecule has 2 aromatic rings. The second kappa shape index (κ2) is 8.61. The third-order valence-electron chi connectivity index (χ3n) is 5.30. The van der Waals surface area contributed by atoms with Gasteiger partial charge in [-0.25, -0.2) is 4.98 Å². The molecule has 2 aromatic heterocycles. The van der Waals surface area contributed by atoms with E-state index < -0.39 is 0 Å². The summed E-state index contributed by atoms with van der Waals surface area (Å²) in [4.78, 5) is 16.2. The van der Waals surface area contributed by atoms with Gasteiger partial charge in [0.05, 0.1) is 5.00 Å². The number of aromatic nitrogens is 1. The molecular weight excluding hydrogens is 356 g/mol. The molecule has 0 aliphatic carbocycles. The summed E-state index contributed by atoms with van der Waals surface area (Å²) in [5.41, 5.74) is 1.25. The summed E-state index contributed by atoms with van der Waals surface area (Å²) < 4.78 is 0. The Bertz CT molecular complexity index is 746. The third kappa shape index (κ3) is 4.35. The molecule has 2 saturated heterocycles. The van der Waals surface area contributed by atoms with Crippen molar-refractivity contribution in [2.45, 2.75) is 19.4 Å². The lowest BCUT2D eigenvalue weighted by Gasteiger charge is -2.37. The van der Waals surface area contributed by atoms with Crippen LogP contribution in [-0.4, -0.2) is 62.2 Å². The Morgan fingerprint density at radius 3 is 2.63 bits per heavy atom. The number of thiophene rings is 1. The molecule has 7 heteroatoms. The van der Waals surface area contributed by atoms with Crippen LogP contribution < -0.4 is 15.1 Å². The molecule has 0 spiro atoms. The number of nitrogens with zero attached hydrogens (tertiary/aromatic N) is 5. The van der Waals surface area contributed by atoms with Crippen LogP contribution in [0.25, 0.3) is 0 Å². The highest BCUT2D eigenvalue weighted by atomic mass is 32.1. The number of piperazine rings is 1. The molecule has 27 heavy (non-hydrogen) atoms. The van der Waals surface area contributed by atoms with Crippen molar-refractivity contribution in [2.24, 2.45) is 4.99 Å². The van der Waals surface area contributed by atoms with Crippen molar-refractivity contribution >= 4 is 28.1 Å². The standard InChI is InChI=1S/C20H28N6S/c1-21-20(26-12-10-25(11-13-26)19-5-4-14-27-19)23-16-17-6-7-22-18(15-17)24-8-2-3-9-24/h4-7,14-15H,2-3,8-13,16H2,1H3,(H,21,23). The first-order valence-corrected chi connectivity index (χ1v) is 10.7. The topological polar surface area (TPSA) is 47.0 Å². The Kier molecular flexibility index (Phi) is 5.77. The van der Waals surface area contributed by atoms with Gasteiger partial charge < -0.3 is 20.0 Å². The van der Waals surface area contributed by atoms with Crippen LogP contribution in [0.1, 0.15) is 18.4 Å². The van der Waals surface area contributed by atoms with E-state index in [0.29, 0.717) is 0 Å². The number of guanidine groups is 1. The van der Waals surface area contributed by atoms with Gasteiger partial charge in [-0.1, -0.05) is 0 Å². The summed E-state index contributed by atoms with van der Waals surface area (Å²) in [6, 6.07) is 8.63. The van der Waals surface area contributed by atoms with Crippen molar-refractivity contribution < 1.29 is 0 Å². The SMILES string of the molecule is CN=C(NCc1ccnc(N2CCCC2)c1)N1CCN(c2cccs2)CC1. The maximum Gasteiger partial charge on any atom is 0.194 e. The zero-order valence-corrected chi connectivity index (χ0v) is 16.8. The molecule has 0 radical (unpaired) electrons. The van der Waals surface area contributed by atoms with Gasteiger partial charge >= 0.3 is 0 Å². The predicted molar refractivity (Wildman–Crippen MR) is 114 cm³/mol. The van der Waals surface area contributed by atoms with Crippen molar-refractivity contribution in [1.82, 2.24) is 15.2 Å². The Balaban J connectivity index is 1.31. The number of hydrogen-bond acceptors (Lipinski definition) is 5. The number of rotatable bonds is 4. The minimum atomic E-state index is 0.779. The molecule has 0 bridgehead atoms. The molecule has 2 aliphatic heterocycles. The fourth-order valence-electron chi connectivity index (χ4n) is 3.79. The number of hydrogen-bond donors (Lipinski definition) is 1. The lowest BCUT2D eigenvalue weighted by molar-refractivity contribution is 0.373. The quantitative estimate of drug-likeness (QED) is 0.649. The van der Waals surface area contributed by atoms with Gasteiger partial charge in [0.2, 0.25) is 0 Å². The molecule has 0 amide bonds. The molecule has 4 heterocycles. The van der Waals surface area contributed by atoms with E-state index >= 15 is 0 Å². The number of anilines is 2. The zero-order valence-electron chi connectivity index (χ0n) is 16.0. The average Bonchev–Trinajstić information content (AvgIpc) is 3.43. The maximum absolute atomic E-state index is 4.54. The van der Waals surface area contributed by atoms with Crippen LogP contribution in [0.3, 0.4) is 0 Å². The molecule has 6 nitrogen and oxygen atoms in total. The Hall–Kier alpha value is -2.28. The second-order valence-corrected chi connectivity index (χ2v) is 7.97. The summed E-state index contributed by atoms with van der Waals surface area (Å²) >= 11 is 1.82. The minimum absolute atomic E-state index is 0.779. The van der Waals surface area contributed by atoms with E-state index in [1.807, 2.05) is 24.6 Å². The Morgan fingerprint density at radius 2 is 1.93 bits per heavy atom. The second-order valence-electron chi connectivity index (χ2n) is 7.04. The van der Waals surface area contributed by atoms with Gasteiger partial charge in [0, 0.05) is 59.1 Å². The fraction of sp³-hybridized carbons (Fsp3) is 0.500. The highest BCUT2D eigenvalue weighted by Gasteiger charge is 2.20. The molecule has 0 atom stereocenters. The summed E-state index contributed by atoms with van der Waals surface area (Å²) in [6.45, 7) is 7.09. The van der Waals surface area contributed by atoms with Crippen LogP contribution in [0.5, 0.6) is 0 Å². The fourth-order valence-corrected chi connectivity index (χ4v) is 4.58. The van der Waals surface area contributed by atoms with E-state index in [1.54, 1.807) is 0 Å². The molecule has 0 saturated carbocycles. The molecule has 144 valence electrons. The molecular formula is C20H28N6S. The molecule has 2 aliphatic rings. The van der Waals surface area contributed by atoms with Crippen LogP contribution in [-0.2, 0) is 6.54 Å². The van der Waals surface area contributed by atoms with E-state index in [2.05, 4.69) is 59.6 Å². The lowest BCUT2D eigenvalue weighted by atomic mass is 10.2. The van der Waals surface area contributed by atoms with E-state index in [0.717, 1.165) is 57.6 Å². The molecule has 0 unspecified atom stereocenters. The molecule has 1 N–H and O–H groups in total. The van der Waals surface area contributed by atoms with E-state index in [1.165, 1.54) is 23.4 Å². The zero-order chi connectivity index (χ0) is 18.5. The van der Waals surface area contributed by atoms with Gasteiger partial charge in [-0.05, 0) is 48.1 Å². The van der Waals surface area contributed by atoms with Crippen LogP contribution in [0.4, 0.5) is 10.8 Å². The highest BCUT2D eigenvalue weighted by Crippen LogP contribution is 2.22. The van der Waals surface area contributed by atoms with Gasteiger partial charge in [0.1, 0.15) is 5.82 Å². The maximum atomic E-state index is 4.54. The minimum Gasteiger partial charge on any atom is -0.360 e. The summed E-state index contributed by atoms with van der Waals surface area (Å²) in [5, 5.41) is 7.05. The van der Waals surface area contributed by atoms with Crippen molar-refractivity contribution in [3.8, 4) is 0 Å². The highest BCUT2D eigenvalue weighted by molar-refractivity contribution is 7.14. The van der Waals surface area contributed by atoms with E-state index in [-0.39, 0.29) is 0 Å². The largest absolute Gasteiger partial charge is 0.360 e. The van der Waals surface area contributed by atoms with Crippen LogP contribution in [0, 0.1) is 0 Å². The first-order valence-electron chi connectivity index (χ1n) is 9.77. The van der Waals surface area contributed by atoms with Crippen molar-refractivity contribution in [3.05, 3.63) is 41.4 Å². The normalized spacial score (nSPS) is 18.3. The molecule has 4 rings (SSSR count). The summed E-state index contributed by atoms with van der Waals surface area (Å²) in [6.07, 6.45) is 4.47. The van der Waals surface area contributed by atoms with Gasteiger partial charge in [-0.15, -0.1) is 11.3 Å². The third-order valence-corrected chi connectivity index (χ3v) is 6.23. The first kappa shape index (κ1) is 18.1. The van der Waals surface area contributed by atoms with Crippen LogP contribution >= 0.6 is 11.3 Å². The number of aliphatic imine (C=N–C) groups is 1. The number of nitrogens with one attached hydrogen (secondary N) is 1. The Labute approximate surface area is 165 Å². The predicted octanol–water partition coefficient (Wildman–Crippen LogP) is 2.64. The lowest BCUT2D eigenvalue weighted by Crippen LogP contribution is -2.52. The first-order chi connectivity index (χ1) is 13.3. The van der Waals surface area contributed by atoms with Crippen molar-refractivity contribution in [3.63, 3.8) is 0 Å². The smallest absolute Gasteiger partial charge is 0.194 e. The van der Waals surface area contributed by atoms with Gasteiger partial charge in [0.15, 0.2) is 5.96 Å². The van der Waals surface area contributed by atoms with Crippen LogP contribution in [0.2, 0.25) is 0 Å². The van der Waals surface area contributed by atoms with E-state index in [4.69, 9.17) is 0 Å². The van der Waals surface area contributed by atoms with E-state index in [9.17, 15) is 0 Å². The van der Waals surface area contributed by atoms with Gasteiger partial charge in [0.25, 0.3) is 0 Å². The molecule has 2 fully saturated rings. The summed E-state index contributed by atoms with van der Waals surface area (Å²) in [7, 11) is 1.87.